The number of carbonyl (C=O) groups is 1. The van der Waals surface area contributed by atoms with Crippen LogP contribution in [0.5, 0.6) is 0 Å². The molecule has 0 aliphatic rings. The van der Waals surface area contributed by atoms with Gasteiger partial charge in [-0.05, 0) is 7.43 Å². The van der Waals surface area contributed by atoms with E-state index in [0.717, 1.165) is 0 Å². The second-order valence-electron chi connectivity index (χ2n) is 0.283. The van der Waals surface area contributed by atoms with Gasteiger partial charge in [-0.2, -0.15) is 0 Å². The van der Waals surface area contributed by atoms with Crippen LogP contribution in [0.15, 0.2) is 0 Å². The summed E-state index contributed by atoms with van der Waals surface area (Å²) in [5.74, 6) is 0. The average Bonchev–Trinajstić information content (AvgIpc) is 0.811. The Morgan fingerprint density at radius 1 is 1.33 bits per heavy atom. The summed E-state index contributed by atoms with van der Waals surface area (Å²) >= 11 is 0. The molecule has 0 aromatic rings. The third-order valence-electron chi connectivity index (χ3n) is 0. The second kappa shape index (κ2) is 8.99. The van der Waals surface area contributed by atoms with Crippen LogP contribution in [0.2, 0.25) is 0 Å². The molecule has 0 aromatic carbocycles. The van der Waals surface area contributed by atoms with Gasteiger partial charge in [0.15, 0.2) is 0 Å². The molecule has 0 aliphatic carbocycles. The number of rotatable bonds is 0. The molecule has 0 saturated carbocycles. The van der Waals surface area contributed by atoms with Crippen molar-refractivity contribution in [1.82, 2.24) is 0 Å². The van der Waals surface area contributed by atoms with Crippen molar-refractivity contribution in [3.05, 3.63) is 7.43 Å². The summed E-state index contributed by atoms with van der Waals surface area (Å²) in [4.78, 5) is 8.56. The first kappa shape index (κ1) is 16.3. The Morgan fingerprint density at radius 3 is 1.33 bits per heavy atom. The summed E-state index contributed by atoms with van der Waals surface area (Å²) in [6.07, 6.45) is -1.83. The zero-order valence-electron chi connectivity index (χ0n) is 2.38. The molecule has 31 valence electrons. The van der Waals surface area contributed by atoms with E-state index in [1.807, 2.05) is 0 Å². The predicted octanol–water partition coefficient (Wildman–Crippen LogP) is -0.222. The van der Waals surface area contributed by atoms with E-state index in [4.69, 9.17) is 15.0 Å². The van der Waals surface area contributed by atoms with Crippen LogP contribution in [0, 0.1) is 7.43 Å². The Labute approximate surface area is 58.3 Å². The van der Waals surface area contributed by atoms with E-state index in [-0.39, 0.29) is 37.0 Å². The molecule has 0 amide bonds. The molecule has 0 spiro atoms. The van der Waals surface area contributed by atoms with Crippen molar-refractivity contribution in [3.63, 3.8) is 0 Å². The van der Waals surface area contributed by atoms with Crippen LogP contribution >= 0.6 is 0 Å². The van der Waals surface area contributed by atoms with Gasteiger partial charge < -0.3 is 10.2 Å². The summed E-state index contributed by atoms with van der Waals surface area (Å²) in [5, 5.41) is 13.9. The Bertz CT molecular complexity index is 31.8. The quantitative estimate of drug-likeness (QED) is 0.413. The standard InChI is InChI=1S/CH2O3.CH.Na.H/c2-1(3)4;;;/h(H2,2,3,4);1H;;. The summed E-state index contributed by atoms with van der Waals surface area (Å²) in [6.45, 7) is 0. The van der Waals surface area contributed by atoms with Gasteiger partial charge in [-0.25, -0.2) is 4.79 Å². The third-order valence-corrected chi connectivity index (χ3v) is 0. The molecule has 0 aliphatic heterocycles. The summed E-state index contributed by atoms with van der Waals surface area (Å²) in [7, 11) is 0. The van der Waals surface area contributed by atoms with Crippen LogP contribution in [-0.2, 0) is 0 Å². The molecule has 0 bridgehead atoms. The molecular weight excluding hydrogens is 95.0 g/mol. The molecule has 2 N–H and O–H groups in total. The molecule has 3 nitrogen and oxygen atoms in total. The number of hydrogen-bond donors (Lipinski definition) is 2. The maximum absolute atomic E-state index is 8.56. The van der Waals surface area contributed by atoms with Crippen molar-refractivity contribution in [3.8, 4) is 0 Å². The maximum atomic E-state index is 8.56. The average molecular weight is 99.0 g/mol. The molecule has 0 unspecified atom stereocenters. The van der Waals surface area contributed by atoms with Crippen molar-refractivity contribution in [2.24, 2.45) is 0 Å². The second-order valence-corrected chi connectivity index (χ2v) is 0.283. The van der Waals surface area contributed by atoms with Gasteiger partial charge >= 0.3 is 35.7 Å². The molecule has 0 fully saturated rings. The van der Waals surface area contributed by atoms with Crippen LogP contribution in [0.4, 0.5) is 4.79 Å². The first-order valence-electron chi connectivity index (χ1n) is 0.651. The van der Waals surface area contributed by atoms with E-state index in [2.05, 4.69) is 0 Å². The van der Waals surface area contributed by atoms with Crippen LogP contribution in [0.1, 0.15) is 0 Å². The van der Waals surface area contributed by atoms with Gasteiger partial charge in [0.2, 0.25) is 0 Å². The summed E-state index contributed by atoms with van der Waals surface area (Å²) < 4.78 is 0. The SMILES string of the molecule is O=C(O)O.[CH].[NaH]. The first-order valence-corrected chi connectivity index (χ1v) is 0.651. The Kier molecular flexibility index (Phi) is 24.4. The summed E-state index contributed by atoms with van der Waals surface area (Å²) in [6, 6.07) is 0. The first-order chi connectivity index (χ1) is 1.73. The van der Waals surface area contributed by atoms with Gasteiger partial charge in [-0.3, -0.25) is 0 Å². The molecule has 3 radical (unpaired) electrons. The van der Waals surface area contributed by atoms with Gasteiger partial charge in [0, 0.05) is 0 Å². The van der Waals surface area contributed by atoms with E-state index in [1.165, 1.54) is 0 Å². The third kappa shape index (κ3) is 626. The minimum atomic E-state index is -1.83. The minimum absolute atomic E-state index is 0. The molecule has 0 saturated heterocycles. The molecule has 0 aromatic heterocycles. The number of hydrogen-bond acceptors (Lipinski definition) is 1. The molecule has 4 heteroatoms. The molecule has 0 atom stereocenters. The zero-order chi connectivity index (χ0) is 3.58. The molecule has 0 rings (SSSR count). The fraction of sp³-hybridized carbons (Fsp3) is 0. The Balaban J connectivity index is -0.0000000450. The van der Waals surface area contributed by atoms with E-state index in [9.17, 15) is 0 Å². The Hall–Kier alpha value is 0.270. The van der Waals surface area contributed by atoms with E-state index >= 15 is 0 Å². The fourth-order valence-corrected chi connectivity index (χ4v) is 0. The normalized spacial score (nSPS) is 4.00. The van der Waals surface area contributed by atoms with Gasteiger partial charge in [0.25, 0.3) is 0 Å². The van der Waals surface area contributed by atoms with Gasteiger partial charge in [-0.1, -0.05) is 0 Å². The predicted molar refractivity (Wildman–Crippen MR) is 22.1 cm³/mol. The van der Waals surface area contributed by atoms with Crippen LogP contribution in [0.3, 0.4) is 0 Å². The monoisotopic (exact) mass is 99.0 g/mol. The van der Waals surface area contributed by atoms with Crippen LogP contribution < -0.4 is 0 Å². The van der Waals surface area contributed by atoms with Crippen molar-refractivity contribution < 1.29 is 15.0 Å². The number of carboxylic acid groups (broad SMARTS) is 2. The topological polar surface area (TPSA) is 57.5 Å². The Morgan fingerprint density at radius 2 is 1.33 bits per heavy atom. The van der Waals surface area contributed by atoms with E-state index < -0.39 is 6.16 Å². The fourth-order valence-electron chi connectivity index (χ4n) is 0. The van der Waals surface area contributed by atoms with Crippen molar-refractivity contribution in [2.75, 3.05) is 0 Å². The van der Waals surface area contributed by atoms with Crippen LogP contribution in [0.25, 0.3) is 0 Å². The molecule has 0 heterocycles. The van der Waals surface area contributed by atoms with Crippen LogP contribution in [-0.4, -0.2) is 45.9 Å². The van der Waals surface area contributed by atoms with Gasteiger partial charge in [-0.15, -0.1) is 0 Å². The van der Waals surface area contributed by atoms with E-state index in [0.29, 0.717) is 0 Å². The van der Waals surface area contributed by atoms with Crippen molar-refractivity contribution in [2.45, 2.75) is 0 Å². The molecular formula is C2H4NaO3. The molecule has 6 heavy (non-hydrogen) atoms. The zero-order valence-corrected chi connectivity index (χ0v) is 2.38. The van der Waals surface area contributed by atoms with Gasteiger partial charge in [0.1, 0.15) is 0 Å². The van der Waals surface area contributed by atoms with Crippen molar-refractivity contribution in [1.29, 1.82) is 0 Å². The van der Waals surface area contributed by atoms with Gasteiger partial charge in [0.05, 0.1) is 0 Å². The summed E-state index contributed by atoms with van der Waals surface area (Å²) in [5.41, 5.74) is 0. The van der Waals surface area contributed by atoms with E-state index in [1.54, 1.807) is 0 Å². The van der Waals surface area contributed by atoms with Crippen molar-refractivity contribution >= 4 is 35.7 Å².